The summed E-state index contributed by atoms with van der Waals surface area (Å²) in [4.78, 5) is 15.4. The van der Waals surface area contributed by atoms with Crippen LogP contribution in [0.5, 0.6) is 0 Å². The fourth-order valence-corrected chi connectivity index (χ4v) is 3.52. The minimum atomic E-state index is -0.323. The number of amides is 1. The highest BCUT2D eigenvalue weighted by Crippen LogP contribution is 2.32. The Morgan fingerprint density at radius 3 is 2.86 bits per heavy atom. The van der Waals surface area contributed by atoms with E-state index in [1.165, 1.54) is 11.3 Å². The molecule has 1 unspecified atom stereocenters. The Bertz CT molecular complexity index is 669. The van der Waals surface area contributed by atoms with Gasteiger partial charge in [0.2, 0.25) is 0 Å². The topological polar surface area (TPSA) is 29.5 Å². The maximum absolute atomic E-state index is 12.8. The first-order valence-corrected chi connectivity index (χ1v) is 8.46. The number of hydrogen-bond donors (Lipinski definition) is 0. The van der Waals surface area contributed by atoms with Crippen LogP contribution in [-0.4, -0.2) is 29.5 Å². The van der Waals surface area contributed by atoms with Crippen LogP contribution in [0.25, 0.3) is 0 Å². The van der Waals surface area contributed by atoms with Gasteiger partial charge in [-0.3, -0.25) is 4.79 Å². The molecule has 1 aromatic carbocycles. The second-order valence-corrected chi connectivity index (χ2v) is 7.44. The molecule has 3 rings (SSSR count). The number of ether oxygens (including phenoxy) is 1. The van der Waals surface area contributed by atoms with Gasteiger partial charge in [0.05, 0.1) is 23.6 Å². The van der Waals surface area contributed by atoms with Crippen molar-refractivity contribution in [3.8, 4) is 0 Å². The monoisotopic (exact) mass is 335 g/mol. The Kier molecular flexibility index (Phi) is 4.26. The molecule has 0 aliphatic carbocycles. The zero-order valence-corrected chi connectivity index (χ0v) is 14.2. The standard InChI is InChI=1S/C17H18ClNO2S/c1-17(2)11-21-14(12-5-3-6-13(18)9-12)10-19(17)16(20)15-7-4-8-22-15/h3-9,14H,10-11H2,1-2H3. The van der Waals surface area contributed by atoms with E-state index >= 15 is 0 Å². The zero-order chi connectivity index (χ0) is 15.7. The third kappa shape index (κ3) is 3.05. The Labute approximate surface area is 139 Å². The van der Waals surface area contributed by atoms with Crippen LogP contribution in [0.1, 0.15) is 35.2 Å². The molecule has 3 nitrogen and oxygen atoms in total. The lowest BCUT2D eigenvalue weighted by atomic mass is 9.98. The number of thiophene rings is 1. The summed E-state index contributed by atoms with van der Waals surface area (Å²) in [7, 11) is 0. The third-order valence-corrected chi connectivity index (χ3v) is 5.01. The fraction of sp³-hybridized carbons (Fsp3) is 0.353. The summed E-state index contributed by atoms with van der Waals surface area (Å²) in [5.74, 6) is 0.0651. The molecular formula is C17H18ClNO2S. The van der Waals surface area contributed by atoms with Crippen molar-refractivity contribution in [3.05, 3.63) is 57.2 Å². The summed E-state index contributed by atoms with van der Waals surface area (Å²) in [5.41, 5.74) is 0.683. The summed E-state index contributed by atoms with van der Waals surface area (Å²) in [6.07, 6.45) is -0.143. The largest absolute Gasteiger partial charge is 0.369 e. The first kappa shape index (κ1) is 15.5. The average molecular weight is 336 g/mol. The molecule has 1 aromatic heterocycles. The Hall–Kier alpha value is -1.36. The maximum atomic E-state index is 12.8. The van der Waals surface area contributed by atoms with Crippen molar-refractivity contribution < 1.29 is 9.53 Å². The molecule has 1 aliphatic heterocycles. The van der Waals surface area contributed by atoms with Crippen molar-refractivity contribution in [3.63, 3.8) is 0 Å². The van der Waals surface area contributed by atoms with Crippen LogP contribution in [0.3, 0.4) is 0 Å². The van der Waals surface area contributed by atoms with Gasteiger partial charge in [-0.15, -0.1) is 11.3 Å². The molecule has 0 saturated carbocycles. The number of nitrogens with zero attached hydrogens (tertiary/aromatic N) is 1. The van der Waals surface area contributed by atoms with Crippen molar-refractivity contribution in [1.82, 2.24) is 4.90 Å². The Morgan fingerprint density at radius 1 is 1.36 bits per heavy atom. The number of halogens is 1. The number of morpholine rings is 1. The quantitative estimate of drug-likeness (QED) is 0.814. The van der Waals surface area contributed by atoms with Gasteiger partial charge >= 0.3 is 0 Å². The first-order chi connectivity index (χ1) is 10.5. The van der Waals surface area contributed by atoms with Gasteiger partial charge in [-0.1, -0.05) is 29.8 Å². The van der Waals surface area contributed by atoms with Crippen molar-refractivity contribution >= 4 is 28.8 Å². The number of carbonyl (C=O) groups is 1. The van der Waals surface area contributed by atoms with Crippen LogP contribution in [0.15, 0.2) is 41.8 Å². The maximum Gasteiger partial charge on any atom is 0.264 e. The van der Waals surface area contributed by atoms with E-state index < -0.39 is 0 Å². The molecule has 5 heteroatoms. The van der Waals surface area contributed by atoms with Crippen LogP contribution in [0.2, 0.25) is 5.02 Å². The summed E-state index contributed by atoms with van der Waals surface area (Å²) in [6, 6.07) is 11.4. The van der Waals surface area contributed by atoms with Gasteiger partial charge in [0.1, 0.15) is 6.10 Å². The molecule has 0 radical (unpaired) electrons. The number of hydrogen-bond acceptors (Lipinski definition) is 3. The molecule has 22 heavy (non-hydrogen) atoms. The summed E-state index contributed by atoms with van der Waals surface area (Å²) in [5, 5.41) is 2.61. The molecule has 1 amide bonds. The van der Waals surface area contributed by atoms with Crippen LogP contribution < -0.4 is 0 Å². The van der Waals surface area contributed by atoms with Gasteiger partial charge in [-0.2, -0.15) is 0 Å². The lowest BCUT2D eigenvalue weighted by molar-refractivity contribution is -0.0845. The van der Waals surface area contributed by atoms with Crippen LogP contribution in [0, 0.1) is 0 Å². The SMILES string of the molecule is CC1(C)COC(c2cccc(Cl)c2)CN1C(=O)c1cccs1. The second kappa shape index (κ2) is 6.03. The van der Waals surface area contributed by atoms with Gasteiger partial charge in [0.25, 0.3) is 5.91 Å². The molecule has 1 atom stereocenters. The second-order valence-electron chi connectivity index (χ2n) is 6.06. The van der Waals surface area contributed by atoms with Gasteiger partial charge in [0, 0.05) is 5.02 Å². The number of benzene rings is 1. The van der Waals surface area contributed by atoms with Crippen LogP contribution in [0.4, 0.5) is 0 Å². The van der Waals surface area contributed by atoms with Gasteiger partial charge in [-0.25, -0.2) is 0 Å². The predicted octanol–water partition coefficient (Wildman–Crippen LogP) is 4.39. The molecule has 1 aliphatic rings. The van der Waals surface area contributed by atoms with E-state index in [1.807, 2.05) is 60.5 Å². The Balaban J connectivity index is 1.86. The smallest absolute Gasteiger partial charge is 0.264 e. The van der Waals surface area contributed by atoms with Gasteiger partial charge < -0.3 is 9.64 Å². The lowest BCUT2D eigenvalue weighted by Gasteiger charge is -2.45. The Morgan fingerprint density at radius 2 is 2.18 bits per heavy atom. The van der Waals surface area contributed by atoms with Crippen LogP contribution in [-0.2, 0) is 4.74 Å². The average Bonchev–Trinajstić information content (AvgIpc) is 3.00. The fourth-order valence-electron chi connectivity index (χ4n) is 2.65. The molecule has 0 N–H and O–H groups in total. The molecule has 1 saturated heterocycles. The van der Waals surface area contributed by atoms with Gasteiger partial charge in [0.15, 0.2) is 0 Å². The molecule has 2 heterocycles. The highest BCUT2D eigenvalue weighted by molar-refractivity contribution is 7.12. The molecule has 0 spiro atoms. The molecule has 2 aromatic rings. The lowest BCUT2D eigenvalue weighted by Crippen LogP contribution is -2.56. The normalized spacial score (nSPS) is 20.9. The minimum Gasteiger partial charge on any atom is -0.369 e. The zero-order valence-electron chi connectivity index (χ0n) is 12.6. The molecular weight excluding hydrogens is 318 g/mol. The summed E-state index contributed by atoms with van der Waals surface area (Å²) < 4.78 is 5.98. The number of rotatable bonds is 2. The van der Waals surface area contributed by atoms with E-state index in [4.69, 9.17) is 16.3 Å². The summed E-state index contributed by atoms with van der Waals surface area (Å²) in [6.45, 7) is 5.10. The molecule has 0 bridgehead atoms. The minimum absolute atomic E-state index is 0.0651. The van der Waals surface area contributed by atoms with E-state index in [-0.39, 0.29) is 17.6 Å². The summed E-state index contributed by atoms with van der Waals surface area (Å²) >= 11 is 7.54. The highest BCUT2D eigenvalue weighted by atomic mass is 35.5. The van der Waals surface area contributed by atoms with E-state index in [0.717, 1.165) is 10.4 Å². The highest BCUT2D eigenvalue weighted by Gasteiger charge is 2.39. The predicted molar refractivity (Wildman–Crippen MR) is 89.6 cm³/mol. The van der Waals surface area contributed by atoms with E-state index in [0.29, 0.717) is 18.2 Å². The van der Waals surface area contributed by atoms with Gasteiger partial charge in [-0.05, 0) is 43.0 Å². The van der Waals surface area contributed by atoms with Crippen molar-refractivity contribution in [2.24, 2.45) is 0 Å². The van der Waals surface area contributed by atoms with Crippen molar-refractivity contribution in [2.75, 3.05) is 13.2 Å². The van der Waals surface area contributed by atoms with Crippen molar-refractivity contribution in [2.45, 2.75) is 25.5 Å². The molecule has 116 valence electrons. The van der Waals surface area contributed by atoms with Crippen LogP contribution >= 0.6 is 22.9 Å². The van der Waals surface area contributed by atoms with E-state index in [2.05, 4.69) is 0 Å². The van der Waals surface area contributed by atoms with E-state index in [9.17, 15) is 4.79 Å². The third-order valence-electron chi connectivity index (χ3n) is 3.91. The van der Waals surface area contributed by atoms with E-state index in [1.54, 1.807) is 0 Å². The number of carbonyl (C=O) groups excluding carboxylic acids is 1. The van der Waals surface area contributed by atoms with Crippen molar-refractivity contribution in [1.29, 1.82) is 0 Å². The molecule has 1 fully saturated rings. The first-order valence-electron chi connectivity index (χ1n) is 7.20.